The van der Waals surface area contributed by atoms with Gasteiger partial charge in [0.15, 0.2) is 5.96 Å². The lowest BCUT2D eigenvalue weighted by atomic mass is 10.1. The first-order valence-electron chi connectivity index (χ1n) is 7.55. The second kappa shape index (κ2) is 8.71. The summed E-state index contributed by atoms with van der Waals surface area (Å²) in [6, 6.07) is 0.565. The second-order valence-electron chi connectivity index (χ2n) is 5.92. The van der Waals surface area contributed by atoms with Gasteiger partial charge in [-0.05, 0) is 46.7 Å². The first kappa shape index (κ1) is 19.2. The molecule has 0 spiro atoms. The molecular formula is C15H28IN5O. The van der Waals surface area contributed by atoms with Gasteiger partial charge in [-0.25, -0.2) is 4.98 Å². The summed E-state index contributed by atoms with van der Waals surface area (Å²) >= 11 is 0. The van der Waals surface area contributed by atoms with E-state index in [1.54, 1.807) is 7.05 Å². The van der Waals surface area contributed by atoms with Crippen LogP contribution in [0.4, 0.5) is 0 Å². The number of nitrogens with zero attached hydrogens (tertiary/aromatic N) is 3. The van der Waals surface area contributed by atoms with Gasteiger partial charge in [-0.2, -0.15) is 0 Å². The Balaban J connectivity index is 0.00000242. The summed E-state index contributed by atoms with van der Waals surface area (Å²) in [5.74, 6) is 3.18. The molecule has 1 saturated carbocycles. The maximum Gasteiger partial charge on any atom is 0.214 e. The Labute approximate surface area is 150 Å². The molecule has 1 heterocycles. The highest BCUT2D eigenvalue weighted by Crippen LogP contribution is 2.34. The third-order valence-electron chi connectivity index (χ3n) is 4.01. The number of nitrogens with one attached hydrogen (secondary N) is 2. The van der Waals surface area contributed by atoms with Crippen molar-refractivity contribution in [3.05, 3.63) is 17.3 Å². The lowest BCUT2D eigenvalue weighted by molar-refractivity contribution is 0.264. The zero-order valence-electron chi connectivity index (χ0n) is 14.1. The van der Waals surface area contributed by atoms with Crippen molar-refractivity contribution >= 4 is 29.9 Å². The topological polar surface area (TPSA) is 65.7 Å². The van der Waals surface area contributed by atoms with Crippen molar-refractivity contribution in [1.82, 2.24) is 20.5 Å². The molecule has 1 aliphatic carbocycles. The predicted molar refractivity (Wildman–Crippen MR) is 99.8 cm³/mol. The van der Waals surface area contributed by atoms with Crippen molar-refractivity contribution in [2.75, 3.05) is 27.7 Å². The second-order valence-corrected chi connectivity index (χ2v) is 5.92. The summed E-state index contributed by atoms with van der Waals surface area (Å²) in [6.45, 7) is 5.33. The van der Waals surface area contributed by atoms with E-state index in [1.807, 2.05) is 13.8 Å². The number of halogens is 1. The Morgan fingerprint density at radius 2 is 2.05 bits per heavy atom. The van der Waals surface area contributed by atoms with E-state index >= 15 is 0 Å². The zero-order valence-corrected chi connectivity index (χ0v) is 16.5. The van der Waals surface area contributed by atoms with E-state index in [0.29, 0.717) is 18.5 Å². The van der Waals surface area contributed by atoms with Gasteiger partial charge in [0, 0.05) is 19.6 Å². The summed E-state index contributed by atoms with van der Waals surface area (Å²) < 4.78 is 5.56. The number of aliphatic imine (C=N–C) groups is 1. The van der Waals surface area contributed by atoms with Crippen molar-refractivity contribution in [1.29, 1.82) is 0 Å². The van der Waals surface area contributed by atoms with Crippen molar-refractivity contribution in [3.63, 3.8) is 0 Å². The van der Waals surface area contributed by atoms with Gasteiger partial charge in [0.05, 0.1) is 12.2 Å². The lowest BCUT2D eigenvalue weighted by Gasteiger charge is -2.25. The van der Waals surface area contributed by atoms with Crippen molar-refractivity contribution in [2.24, 2.45) is 10.9 Å². The molecule has 0 aromatic carbocycles. The molecule has 1 aromatic rings. The van der Waals surface area contributed by atoms with Gasteiger partial charge in [-0.3, -0.25) is 4.99 Å². The van der Waals surface area contributed by atoms with Crippen LogP contribution in [0.1, 0.15) is 30.2 Å². The van der Waals surface area contributed by atoms with Crippen LogP contribution in [-0.4, -0.2) is 49.6 Å². The zero-order chi connectivity index (χ0) is 15.4. The van der Waals surface area contributed by atoms with Crippen LogP contribution in [0.5, 0.6) is 0 Å². The Kier molecular flexibility index (Phi) is 7.61. The third-order valence-corrected chi connectivity index (χ3v) is 4.01. The number of rotatable bonds is 6. The largest absolute Gasteiger partial charge is 0.444 e. The molecule has 2 N–H and O–H groups in total. The number of likely N-dealkylation sites (N-methyl/N-ethyl adjacent to an activating group) is 1. The van der Waals surface area contributed by atoms with E-state index in [1.165, 1.54) is 12.8 Å². The average molecular weight is 421 g/mol. The van der Waals surface area contributed by atoms with Crippen LogP contribution in [0.2, 0.25) is 0 Å². The molecule has 22 heavy (non-hydrogen) atoms. The predicted octanol–water partition coefficient (Wildman–Crippen LogP) is 1.91. The van der Waals surface area contributed by atoms with Crippen LogP contribution in [0, 0.1) is 19.8 Å². The fraction of sp³-hybridized carbons (Fsp3) is 0.733. The maximum absolute atomic E-state index is 5.56. The molecule has 1 aliphatic rings. The fourth-order valence-electron chi connectivity index (χ4n) is 2.45. The minimum absolute atomic E-state index is 0. The average Bonchev–Trinajstić information content (AvgIpc) is 3.21. The fourth-order valence-corrected chi connectivity index (χ4v) is 2.45. The van der Waals surface area contributed by atoms with Gasteiger partial charge in [0.25, 0.3) is 0 Å². The Bertz CT molecular complexity index is 475. The van der Waals surface area contributed by atoms with Gasteiger partial charge < -0.3 is 20.0 Å². The summed E-state index contributed by atoms with van der Waals surface area (Å²) in [5.41, 5.74) is 0.941. The smallest absolute Gasteiger partial charge is 0.214 e. The Morgan fingerprint density at radius 3 is 2.50 bits per heavy atom. The molecule has 0 saturated heterocycles. The molecule has 1 unspecified atom stereocenters. The van der Waals surface area contributed by atoms with Crippen molar-refractivity contribution in [3.8, 4) is 0 Å². The van der Waals surface area contributed by atoms with Crippen LogP contribution in [0.3, 0.4) is 0 Å². The minimum Gasteiger partial charge on any atom is -0.444 e. The number of guanidine groups is 1. The quantitative estimate of drug-likeness (QED) is 0.418. The van der Waals surface area contributed by atoms with Crippen LogP contribution < -0.4 is 10.6 Å². The SMILES string of the molecule is CN=C(NCc1nc(C)c(C)o1)NCC(C1CC1)N(C)C.I. The highest BCUT2D eigenvalue weighted by atomic mass is 127. The molecule has 0 radical (unpaired) electrons. The van der Waals surface area contributed by atoms with E-state index < -0.39 is 0 Å². The summed E-state index contributed by atoms with van der Waals surface area (Å²) in [6.07, 6.45) is 2.68. The van der Waals surface area contributed by atoms with E-state index in [4.69, 9.17) is 4.42 Å². The van der Waals surface area contributed by atoms with Gasteiger partial charge >= 0.3 is 0 Å². The van der Waals surface area contributed by atoms with E-state index in [2.05, 4.69) is 39.6 Å². The van der Waals surface area contributed by atoms with Crippen LogP contribution in [0.25, 0.3) is 0 Å². The summed E-state index contributed by atoms with van der Waals surface area (Å²) in [5, 5.41) is 6.64. The van der Waals surface area contributed by atoms with Crippen LogP contribution in [0.15, 0.2) is 9.41 Å². The normalized spacial score (nSPS) is 16.4. The van der Waals surface area contributed by atoms with Gasteiger partial charge in [0.1, 0.15) is 5.76 Å². The molecule has 0 amide bonds. The third kappa shape index (κ3) is 5.42. The summed E-state index contributed by atoms with van der Waals surface area (Å²) in [7, 11) is 6.06. The molecule has 0 bridgehead atoms. The number of hydrogen-bond acceptors (Lipinski definition) is 4. The molecule has 1 fully saturated rings. The van der Waals surface area contributed by atoms with Crippen LogP contribution >= 0.6 is 24.0 Å². The van der Waals surface area contributed by atoms with Gasteiger partial charge in [0.2, 0.25) is 5.89 Å². The monoisotopic (exact) mass is 421 g/mol. The summed E-state index contributed by atoms with van der Waals surface area (Å²) in [4.78, 5) is 10.9. The Morgan fingerprint density at radius 1 is 1.36 bits per heavy atom. The standard InChI is InChI=1S/C15H27N5O.HI/c1-10-11(2)21-14(19-10)9-18-15(16-3)17-8-13(20(4)5)12-6-7-12;/h12-13H,6-9H2,1-5H3,(H2,16,17,18);1H. The molecule has 2 rings (SSSR count). The number of oxazole rings is 1. The van der Waals surface area contributed by atoms with Crippen molar-refractivity contribution < 1.29 is 4.42 Å². The van der Waals surface area contributed by atoms with Crippen molar-refractivity contribution in [2.45, 2.75) is 39.3 Å². The molecule has 7 heteroatoms. The highest BCUT2D eigenvalue weighted by Gasteiger charge is 2.32. The molecule has 6 nitrogen and oxygen atoms in total. The number of hydrogen-bond donors (Lipinski definition) is 2. The Hall–Kier alpha value is -0.830. The van der Waals surface area contributed by atoms with Gasteiger partial charge in [-0.1, -0.05) is 0 Å². The molecule has 1 atom stereocenters. The first-order chi connectivity index (χ1) is 10.0. The lowest BCUT2D eigenvalue weighted by Crippen LogP contribution is -2.45. The molecule has 126 valence electrons. The number of aryl methyl sites for hydroxylation is 2. The van der Waals surface area contributed by atoms with E-state index in [-0.39, 0.29) is 24.0 Å². The molecule has 0 aliphatic heterocycles. The number of aromatic nitrogens is 1. The molecule has 1 aromatic heterocycles. The molecular weight excluding hydrogens is 393 g/mol. The maximum atomic E-state index is 5.56. The van der Waals surface area contributed by atoms with Gasteiger partial charge in [-0.15, -0.1) is 24.0 Å². The van der Waals surface area contributed by atoms with Crippen LogP contribution in [-0.2, 0) is 6.54 Å². The first-order valence-corrected chi connectivity index (χ1v) is 7.55. The highest BCUT2D eigenvalue weighted by molar-refractivity contribution is 14.0. The van der Waals surface area contributed by atoms with E-state index in [9.17, 15) is 0 Å². The minimum atomic E-state index is 0. The van der Waals surface area contributed by atoms with E-state index in [0.717, 1.165) is 29.9 Å².